The lowest BCUT2D eigenvalue weighted by Crippen LogP contribution is -2.32. The van der Waals surface area contributed by atoms with Gasteiger partial charge in [0.05, 0.1) is 6.20 Å². The van der Waals surface area contributed by atoms with Crippen molar-refractivity contribution in [3.63, 3.8) is 0 Å². The molecule has 0 saturated heterocycles. The van der Waals surface area contributed by atoms with Crippen molar-refractivity contribution in [2.24, 2.45) is 7.05 Å². The molecule has 0 aliphatic rings. The van der Waals surface area contributed by atoms with Crippen LogP contribution in [0.5, 0.6) is 0 Å². The van der Waals surface area contributed by atoms with E-state index in [-0.39, 0.29) is 30.4 Å². The van der Waals surface area contributed by atoms with Crippen molar-refractivity contribution >= 4 is 16.9 Å². The molecule has 0 spiro atoms. The zero-order chi connectivity index (χ0) is 16.4. The fourth-order valence-electron chi connectivity index (χ4n) is 2.19. The molecular weight excluding hydrogens is 301 g/mol. The number of fused-ring (bicyclic) bond motifs is 1. The van der Waals surface area contributed by atoms with Gasteiger partial charge in [-0.05, 0) is 17.7 Å². The predicted octanol–water partition coefficient (Wildman–Crippen LogP) is 0.585. The van der Waals surface area contributed by atoms with Crippen molar-refractivity contribution in [2.75, 3.05) is 0 Å². The van der Waals surface area contributed by atoms with E-state index in [2.05, 4.69) is 15.4 Å². The molecule has 0 atom stereocenters. The Labute approximate surface area is 130 Å². The van der Waals surface area contributed by atoms with E-state index in [4.69, 9.17) is 0 Å². The molecule has 2 heterocycles. The number of amides is 1. The van der Waals surface area contributed by atoms with E-state index in [1.165, 1.54) is 33.9 Å². The molecule has 0 fully saturated rings. The van der Waals surface area contributed by atoms with Gasteiger partial charge in [0.1, 0.15) is 24.1 Å². The van der Waals surface area contributed by atoms with Crippen molar-refractivity contribution in [1.82, 2.24) is 24.6 Å². The van der Waals surface area contributed by atoms with Crippen LogP contribution in [0.25, 0.3) is 11.0 Å². The molecule has 0 unspecified atom stereocenters. The number of aromatic nitrogens is 4. The number of nitrogens with one attached hydrogen (secondary N) is 1. The number of hydrogen-bond acceptors (Lipinski definition) is 4. The van der Waals surface area contributed by atoms with E-state index in [0.29, 0.717) is 11.0 Å². The fourth-order valence-corrected chi connectivity index (χ4v) is 2.19. The normalized spacial score (nSPS) is 10.9. The van der Waals surface area contributed by atoms with E-state index in [1.807, 2.05) is 0 Å². The van der Waals surface area contributed by atoms with Crippen molar-refractivity contribution in [1.29, 1.82) is 0 Å². The van der Waals surface area contributed by atoms with E-state index >= 15 is 0 Å². The molecule has 0 saturated carbocycles. The minimum Gasteiger partial charge on any atom is -0.350 e. The number of carbonyl (C=O) groups excluding carboxylic acids is 1. The third-order valence-electron chi connectivity index (χ3n) is 3.44. The van der Waals surface area contributed by atoms with E-state index in [1.54, 1.807) is 19.2 Å². The summed E-state index contributed by atoms with van der Waals surface area (Å²) in [5.41, 5.74) is 0.922. The lowest BCUT2D eigenvalue weighted by Gasteiger charge is -2.07. The first-order chi connectivity index (χ1) is 11.0. The van der Waals surface area contributed by atoms with Gasteiger partial charge in [-0.25, -0.2) is 9.37 Å². The Morgan fingerprint density at radius 2 is 2.04 bits per heavy atom. The van der Waals surface area contributed by atoms with Gasteiger partial charge in [0.25, 0.3) is 5.56 Å². The molecule has 3 rings (SSSR count). The summed E-state index contributed by atoms with van der Waals surface area (Å²) >= 11 is 0. The van der Waals surface area contributed by atoms with Gasteiger partial charge in [-0.1, -0.05) is 12.1 Å². The predicted molar refractivity (Wildman–Crippen MR) is 81.0 cm³/mol. The Morgan fingerprint density at radius 1 is 1.30 bits per heavy atom. The number of benzene rings is 1. The van der Waals surface area contributed by atoms with Crippen LogP contribution in [0.3, 0.4) is 0 Å². The van der Waals surface area contributed by atoms with Gasteiger partial charge in [0, 0.05) is 13.6 Å². The maximum atomic E-state index is 12.8. The van der Waals surface area contributed by atoms with Crippen LogP contribution >= 0.6 is 0 Å². The second kappa shape index (κ2) is 5.99. The first-order valence-corrected chi connectivity index (χ1v) is 6.93. The van der Waals surface area contributed by atoms with E-state index in [0.717, 1.165) is 5.56 Å². The zero-order valence-electron chi connectivity index (χ0n) is 12.4. The summed E-state index contributed by atoms with van der Waals surface area (Å²) in [7, 11) is 1.69. The Bertz CT molecular complexity index is 914. The number of carbonyl (C=O) groups is 1. The summed E-state index contributed by atoms with van der Waals surface area (Å²) in [6, 6.07) is 5.83. The summed E-state index contributed by atoms with van der Waals surface area (Å²) in [4.78, 5) is 28.3. The van der Waals surface area contributed by atoms with Gasteiger partial charge in [-0.2, -0.15) is 5.10 Å². The molecular formula is C15H14FN5O2. The van der Waals surface area contributed by atoms with Crippen LogP contribution in [0.15, 0.2) is 41.6 Å². The number of halogens is 1. The average Bonchev–Trinajstić information content (AvgIpc) is 2.92. The van der Waals surface area contributed by atoms with Crippen LogP contribution < -0.4 is 10.9 Å². The number of aryl methyl sites for hydroxylation is 1. The molecule has 8 heteroatoms. The van der Waals surface area contributed by atoms with Gasteiger partial charge in [0.2, 0.25) is 5.91 Å². The molecule has 1 N–H and O–H groups in total. The lowest BCUT2D eigenvalue weighted by atomic mass is 10.2. The molecule has 118 valence electrons. The van der Waals surface area contributed by atoms with Crippen molar-refractivity contribution in [3.8, 4) is 0 Å². The van der Waals surface area contributed by atoms with Crippen LogP contribution in [0.1, 0.15) is 5.56 Å². The minimum atomic E-state index is -0.332. The highest BCUT2D eigenvalue weighted by molar-refractivity contribution is 5.77. The van der Waals surface area contributed by atoms with Gasteiger partial charge < -0.3 is 5.32 Å². The van der Waals surface area contributed by atoms with E-state index in [9.17, 15) is 14.0 Å². The van der Waals surface area contributed by atoms with Crippen LogP contribution in [-0.4, -0.2) is 25.2 Å². The van der Waals surface area contributed by atoms with Crippen LogP contribution in [-0.2, 0) is 24.9 Å². The highest BCUT2D eigenvalue weighted by atomic mass is 19.1. The first-order valence-electron chi connectivity index (χ1n) is 6.93. The van der Waals surface area contributed by atoms with Gasteiger partial charge >= 0.3 is 0 Å². The quantitative estimate of drug-likeness (QED) is 0.764. The second-order valence-corrected chi connectivity index (χ2v) is 5.09. The molecule has 2 aromatic heterocycles. The largest absolute Gasteiger partial charge is 0.350 e. The highest BCUT2D eigenvalue weighted by Crippen LogP contribution is 2.04. The van der Waals surface area contributed by atoms with E-state index < -0.39 is 0 Å². The summed E-state index contributed by atoms with van der Waals surface area (Å²) in [6.45, 7) is 0.119. The minimum absolute atomic E-state index is 0.141. The summed E-state index contributed by atoms with van der Waals surface area (Å²) in [6.07, 6.45) is 2.75. The maximum Gasteiger partial charge on any atom is 0.264 e. The SMILES string of the molecule is Cn1ncc2c(=O)n(CC(=O)NCc3ccc(F)cc3)cnc21. The molecule has 3 aromatic rings. The molecule has 0 bridgehead atoms. The van der Waals surface area contributed by atoms with Crippen LogP contribution in [0.2, 0.25) is 0 Å². The molecule has 1 amide bonds. The van der Waals surface area contributed by atoms with Crippen molar-refractivity contribution in [3.05, 3.63) is 58.5 Å². The third kappa shape index (κ3) is 3.10. The molecule has 7 nitrogen and oxygen atoms in total. The smallest absolute Gasteiger partial charge is 0.264 e. The maximum absolute atomic E-state index is 12.8. The first kappa shape index (κ1) is 14.9. The summed E-state index contributed by atoms with van der Waals surface area (Å²) in [5.74, 6) is -0.663. The summed E-state index contributed by atoms with van der Waals surface area (Å²) in [5, 5.41) is 7.01. The highest BCUT2D eigenvalue weighted by Gasteiger charge is 2.10. The zero-order valence-corrected chi connectivity index (χ0v) is 12.4. The molecule has 0 aliphatic heterocycles. The lowest BCUT2D eigenvalue weighted by molar-refractivity contribution is -0.121. The monoisotopic (exact) mass is 315 g/mol. The van der Waals surface area contributed by atoms with Gasteiger partial charge in [-0.15, -0.1) is 0 Å². The number of nitrogens with zero attached hydrogens (tertiary/aromatic N) is 4. The Balaban J connectivity index is 1.69. The standard InChI is InChI=1S/C15H14FN5O2/c1-20-14-12(7-19-20)15(23)21(9-18-14)8-13(22)17-6-10-2-4-11(16)5-3-10/h2-5,7,9H,6,8H2,1H3,(H,17,22). The molecule has 0 radical (unpaired) electrons. The van der Waals surface area contributed by atoms with Crippen LogP contribution in [0.4, 0.5) is 4.39 Å². The van der Waals surface area contributed by atoms with Crippen molar-refractivity contribution in [2.45, 2.75) is 13.1 Å². The topological polar surface area (TPSA) is 81.8 Å². The Hall–Kier alpha value is -3.03. The Kier molecular flexibility index (Phi) is 3.88. The van der Waals surface area contributed by atoms with Gasteiger partial charge in [-0.3, -0.25) is 18.8 Å². The average molecular weight is 315 g/mol. The molecule has 23 heavy (non-hydrogen) atoms. The third-order valence-corrected chi connectivity index (χ3v) is 3.44. The Morgan fingerprint density at radius 3 is 2.78 bits per heavy atom. The van der Waals surface area contributed by atoms with Gasteiger partial charge in [0.15, 0.2) is 5.65 Å². The van der Waals surface area contributed by atoms with Crippen molar-refractivity contribution < 1.29 is 9.18 Å². The summed E-state index contributed by atoms with van der Waals surface area (Å²) < 4.78 is 15.5. The molecule has 1 aromatic carbocycles. The number of hydrogen-bond donors (Lipinski definition) is 1. The number of rotatable bonds is 4. The second-order valence-electron chi connectivity index (χ2n) is 5.09. The fraction of sp³-hybridized carbons (Fsp3) is 0.200. The van der Waals surface area contributed by atoms with Crippen LogP contribution in [0, 0.1) is 5.82 Å². The molecule has 0 aliphatic carbocycles.